The minimum Gasteiger partial charge on any atom is -0.324 e. The fourth-order valence-corrected chi connectivity index (χ4v) is 0. The van der Waals surface area contributed by atoms with Crippen LogP contribution < -0.4 is 5.73 Å². The van der Waals surface area contributed by atoms with Crippen molar-refractivity contribution in [3.05, 3.63) is 0 Å². The molecule has 0 heterocycles. The van der Waals surface area contributed by atoms with Crippen LogP contribution in [0.3, 0.4) is 0 Å². The number of hydrogen-bond acceptors (Lipinski definition) is 2. The molecule has 5 heavy (non-hydrogen) atoms. The first-order valence-corrected chi connectivity index (χ1v) is 1.47. The minimum atomic E-state index is 0. The fraction of sp³-hybridized carbons (Fsp3) is 0.667. The monoisotopic (exact) mass is 74.1 g/mol. The van der Waals surface area contributed by atoms with E-state index in [2.05, 4.69) is 0 Å². The number of carbonyl (C=O) groups excluding carboxylic acids is 1. The minimum absolute atomic E-state index is 0. The first-order valence-electron chi connectivity index (χ1n) is 1.47. The summed E-state index contributed by atoms with van der Waals surface area (Å²) in [6.45, 7) is 1.62. The summed E-state index contributed by atoms with van der Waals surface area (Å²) in [5, 5.41) is 0. The summed E-state index contributed by atoms with van der Waals surface area (Å²) in [4.78, 5) is 9.69. The summed E-state index contributed by atoms with van der Waals surface area (Å²) in [6.07, 6.45) is 0. The smallest absolute Gasteiger partial charge is 0.324 e. The third-order valence-electron chi connectivity index (χ3n) is 0.287. The van der Waals surface area contributed by atoms with Gasteiger partial charge in [-0.2, -0.15) is 0 Å². The summed E-state index contributed by atoms with van der Waals surface area (Å²) in [5.41, 5.74) is 4.82. The molecule has 0 atom stereocenters. The zero-order valence-corrected chi connectivity index (χ0v) is 3.19. The molecule has 0 rings (SSSR count). The highest BCUT2D eigenvalue weighted by Gasteiger charge is 1.76. The maximum Gasteiger partial charge on any atom is 1.00 e. The molecule has 0 spiro atoms. The van der Waals surface area contributed by atoms with E-state index in [9.17, 15) is 4.79 Å². The van der Waals surface area contributed by atoms with Crippen LogP contribution in [0, 0.1) is 0 Å². The van der Waals surface area contributed by atoms with Crippen LogP contribution in [0.25, 0.3) is 0 Å². The average Bonchev–Trinajstić information content (AvgIpc) is 1.38. The Bertz CT molecular complexity index is 46.1. The molecule has 0 radical (unpaired) electrons. The predicted molar refractivity (Wildman–Crippen MR) is 20.8 cm³/mol. The predicted octanol–water partition coefficient (Wildman–Crippen LogP) is -0.353. The van der Waals surface area contributed by atoms with Gasteiger partial charge in [-0.25, -0.2) is 0 Å². The van der Waals surface area contributed by atoms with Crippen molar-refractivity contribution in [3.8, 4) is 0 Å². The number of ketones is 1. The van der Waals surface area contributed by atoms with Crippen LogP contribution in [-0.2, 0) is 4.79 Å². The zero-order chi connectivity index (χ0) is 4.28. The molecule has 0 aliphatic rings. The molecule has 30 valence electrons. The molecule has 0 bridgehead atoms. The van der Waals surface area contributed by atoms with Crippen LogP contribution in [0.4, 0.5) is 0 Å². The maximum atomic E-state index is 9.69. The van der Waals surface area contributed by atoms with E-state index < -0.39 is 0 Å². The fourth-order valence-electron chi connectivity index (χ4n) is 0. The van der Waals surface area contributed by atoms with E-state index in [1.807, 2.05) is 0 Å². The molecule has 0 aliphatic carbocycles. The van der Waals surface area contributed by atoms with Crippen molar-refractivity contribution < 1.29 is 6.22 Å². The lowest BCUT2D eigenvalue weighted by atomic mass is 10.5. The SMILES string of the molecule is CC(=O)CN.[H+]. The van der Waals surface area contributed by atoms with Crippen LogP contribution in [0.15, 0.2) is 0 Å². The molecular weight excluding hydrogens is 66.0 g/mol. The van der Waals surface area contributed by atoms with Gasteiger partial charge in [-0.3, -0.25) is 4.79 Å². The Morgan fingerprint density at radius 1 is 2.20 bits per heavy atom. The Labute approximate surface area is 32.5 Å². The summed E-state index contributed by atoms with van der Waals surface area (Å²) in [5.74, 6) is 0.0324. The van der Waals surface area contributed by atoms with Crippen LogP contribution in [0.1, 0.15) is 8.35 Å². The van der Waals surface area contributed by atoms with E-state index >= 15 is 0 Å². The molecule has 0 fully saturated rings. The molecule has 0 saturated carbocycles. The van der Waals surface area contributed by atoms with Crippen LogP contribution in [-0.4, -0.2) is 12.3 Å². The van der Waals surface area contributed by atoms with E-state index in [0.717, 1.165) is 0 Å². The quantitative estimate of drug-likeness (QED) is 0.462. The highest BCUT2D eigenvalue weighted by atomic mass is 16.1. The van der Waals surface area contributed by atoms with Crippen molar-refractivity contribution in [2.45, 2.75) is 6.92 Å². The van der Waals surface area contributed by atoms with E-state index in [1.165, 1.54) is 6.92 Å². The lowest BCUT2D eigenvalue weighted by Crippen LogP contribution is -2.07. The van der Waals surface area contributed by atoms with Gasteiger partial charge in [-0.1, -0.05) is 0 Å². The Morgan fingerprint density at radius 3 is 2.40 bits per heavy atom. The number of hydrogen-bond donors (Lipinski definition) is 1. The second kappa shape index (κ2) is 1.91. The topological polar surface area (TPSA) is 43.1 Å². The van der Waals surface area contributed by atoms with Gasteiger partial charge in [0, 0.05) is 0 Å². The van der Waals surface area contributed by atoms with Gasteiger partial charge in [-0.15, -0.1) is 0 Å². The van der Waals surface area contributed by atoms with Crippen molar-refractivity contribution in [1.29, 1.82) is 0 Å². The van der Waals surface area contributed by atoms with E-state index in [1.54, 1.807) is 0 Å². The largest absolute Gasteiger partial charge is 1.00 e. The second-order valence-electron chi connectivity index (χ2n) is 0.906. The highest BCUT2D eigenvalue weighted by Crippen LogP contribution is 1.51. The van der Waals surface area contributed by atoms with Crippen molar-refractivity contribution in [1.82, 2.24) is 0 Å². The van der Waals surface area contributed by atoms with Gasteiger partial charge in [0.1, 0.15) is 5.78 Å². The molecule has 0 aromatic heterocycles. The van der Waals surface area contributed by atoms with Crippen LogP contribution in [0.2, 0.25) is 0 Å². The first kappa shape index (κ1) is 4.63. The lowest BCUT2D eigenvalue weighted by Gasteiger charge is -1.73. The van der Waals surface area contributed by atoms with Crippen LogP contribution in [0.5, 0.6) is 0 Å². The standard InChI is InChI=1S/C3H7NO/c1-3(5)2-4/h2,4H2,1H3/p+1. The Morgan fingerprint density at radius 2 is 2.40 bits per heavy atom. The number of carbonyl (C=O) groups is 1. The summed E-state index contributed by atoms with van der Waals surface area (Å²) >= 11 is 0. The van der Waals surface area contributed by atoms with Gasteiger partial charge in [0.05, 0.1) is 6.54 Å². The molecule has 2 N–H and O–H groups in total. The summed E-state index contributed by atoms with van der Waals surface area (Å²) in [6, 6.07) is 0. The van der Waals surface area contributed by atoms with Crippen molar-refractivity contribution in [2.75, 3.05) is 6.54 Å². The molecular formula is C3H8NO+. The van der Waals surface area contributed by atoms with Gasteiger partial charge in [0.2, 0.25) is 0 Å². The zero-order valence-electron chi connectivity index (χ0n) is 4.19. The molecule has 2 nitrogen and oxygen atoms in total. The van der Waals surface area contributed by atoms with Gasteiger partial charge in [0.25, 0.3) is 0 Å². The molecule has 0 amide bonds. The summed E-state index contributed by atoms with van der Waals surface area (Å²) in [7, 11) is 0. The molecule has 0 aliphatic heterocycles. The van der Waals surface area contributed by atoms with E-state index in [0.29, 0.717) is 0 Å². The average molecular weight is 74.1 g/mol. The summed E-state index contributed by atoms with van der Waals surface area (Å²) < 4.78 is 0. The molecule has 2 heteroatoms. The normalized spacial score (nSPS) is 7.60. The first-order chi connectivity index (χ1) is 2.27. The van der Waals surface area contributed by atoms with Crippen molar-refractivity contribution in [3.63, 3.8) is 0 Å². The second-order valence-corrected chi connectivity index (χ2v) is 0.906. The van der Waals surface area contributed by atoms with Crippen molar-refractivity contribution >= 4 is 5.78 Å². The van der Waals surface area contributed by atoms with Gasteiger partial charge in [0.15, 0.2) is 0 Å². The van der Waals surface area contributed by atoms with E-state index in [-0.39, 0.29) is 13.8 Å². The third kappa shape index (κ3) is 3.63. The lowest BCUT2D eigenvalue weighted by molar-refractivity contribution is -0.115. The number of Topliss-reactive ketones (excluding diaryl/α,β-unsaturated/α-hetero) is 1. The number of rotatable bonds is 1. The number of nitrogens with two attached hydrogens (primary N) is 1. The van der Waals surface area contributed by atoms with E-state index in [4.69, 9.17) is 5.73 Å². The highest BCUT2D eigenvalue weighted by molar-refractivity contribution is 5.77. The van der Waals surface area contributed by atoms with Gasteiger partial charge >= 0.3 is 1.43 Å². The van der Waals surface area contributed by atoms with Crippen molar-refractivity contribution in [2.24, 2.45) is 5.73 Å². The Balaban J connectivity index is 0. The molecule has 0 unspecified atom stereocenters. The third-order valence-corrected chi connectivity index (χ3v) is 0.287. The Kier molecular flexibility index (Phi) is 1.76. The molecule has 0 aromatic carbocycles. The molecule has 0 aromatic rings. The van der Waals surface area contributed by atoms with Gasteiger partial charge in [-0.05, 0) is 6.92 Å². The van der Waals surface area contributed by atoms with Crippen LogP contribution >= 0.6 is 0 Å². The maximum absolute atomic E-state index is 9.69. The molecule has 0 saturated heterocycles. The Hall–Kier alpha value is -0.370. The van der Waals surface area contributed by atoms with Gasteiger partial charge < -0.3 is 5.73 Å².